The molecule has 0 saturated heterocycles. The number of rotatable bonds is 3. The standard InChI is InChI=1S/C11H13N5O/c1-7-2-4-8(5-3-7)13-11-15-9(6-17)14-10(12)16-11/h2-5,17H,6H2,1H3,(H3,12,13,14,15,16). The van der Waals surface area contributed by atoms with Gasteiger partial charge in [0.2, 0.25) is 11.9 Å². The van der Waals surface area contributed by atoms with Gasteiger partial charge in [0, 0.05) is 5.69 Å². The molecule has 0 aliphatic carbocycles. The van der Waals surface area contributed by atoms with Gasteiger partial charge in [0.05, 0.1) is 0 Å². The number of aliphatic hydroxyl groups is 1. The van der Waals surface area contributed by atoms with E-state index in [1.165, 1.54) is 5.56 Å². The molecule has 0 amide bonds. The van der Waals surface area contributed by atoms with Crippen molar-refractivity contribution in [3.63, 3.8) is 0 Å². The van der Waals surface area contributed by atoms with Crippen LogP contribution in [0.1, 0.15) is 11.4 Å². The van der Waals surface area contributed by atoms with E-state index >= 15 is 0 Å². The van der Waals surface area contributed by atoms with Gasteiger partial charge in [0.25, 0.3) is 0 Å². The fraction of sp³-hybridized carbons (Fsp3) is 0.182. The van der Waals surface area contributed by atoms with E-state index in [1.807, 2.05) is 31.2 Å². The van der Waals surface area contributed by atoms with Crippen molar-refractivity contribution < 1.29 is 5.11 Å². The van der Waals surface area contributed by atoms with Crippen molar-refractivity contribution >= 4 is 17.6 Å². The zero-order valence-corrected chi connectivity index (χ0v) is 9.38. The number of anilines is 3. The normalized spacial score (nSPS) is 10.2. The van der Waals surface area contributed by atoms with Crippen molar-refractivity contribution in [2.45, 2.75) is 13.5 Å². The lowest BCUT2D eigenvalue weighted by Crippen LogP contribution is -2.06. The third-order valence-electron chi connectivity index (χ3n) is 2.15. The molecule has 0 bridgehead atoms. The number of benzene rings is 1. The average molecular weight is 231 g/mol. The third-order valence-corrected chi connectivity index (χ3v) is 2.15. The molecule has 0 aliphatic heterocycles. The largest absolute Gasteiger partial charge is 0.388 e. The number of hydrogen-bond donors (Lipinski definition) is 3. The van der Waals surface area contributed by atoms with Gasteiger partial charge in [0.1, 0.15) is 6.61 Å². The van der Waals surface area contributed by atoms with Crippen LogP contribution in [-0.4, -0.2) is 20.1 Å². The van der Waals surface area contributed by atoms with Gasteiger partial charge >= 0.3 is 0 Å². The molecule has 6 heteroatoms. The molecule has 6 nitrogen and oxygen atoms in total. The highest BCUT2D eigenvalue weighted by molar-refractivity contribution is 5.54. The van der Waals surface area contributed by atoms with E-state index < -0.39 is 0 Å². The second kappa shape index (κ2) is 4.75. The minimum absolute atomic E-state index is 0.0821. The zero-order chi connectivity index (χ0) is 12.3. The third kappa shape index (κ3) is 2.88. The average Bonchev–Trinajstić information content (AvgIpc) is 2.31. The van der Waals surface area contributed by atoms with E-state index in [0.29, 0.717) is 5.95 Å². The molecule has 0 radical (unpaired) electrons. The van der Waals surface area contributed by atoms with Gasteiger partial charge in [-0.15, -0.1) is 0 Å². The second-order valence-electron chi connectivity index (χ2n) is 3.58. The monoisotopic (exact) mass is 231 g/mol. The number of nitrogens with zero attached hydrogens (tertiary/aromatic N) is 3. The van der Waals surface area contributed by atoms with Crippen LogP contribution in [0, 0.1) is 6.92 Å². The first-order chi connectivity index (χ1) is 8.17. The number of aromatic nitrogens is 3. The fourth-order valence-corrected chi connectivity index (χ4v) is 1.33. The number of nitrogen functional groups attached to an aromatic ring is 1. The molecule has 0 unspecified atom stereocenters. The van der Waals surface area contributed by atoms with E-state index in [0.717, 1.165) is 5.69 Å². The number of nitrogens with two attached hydrogens (primary N) is 1. The van der Waals surface area contributed by atoms with Crippen LogP contribution in [0.3, 0.4) is 0 Å². The van der Waals surface area contributed by atoms with Crippen LogP contribution in [-0.2, 0) is 6.61 Å². The van der Waals surface area contributed by atoms with Crippen LogP contribution in [0.5, 0.6) is 0 Å². The van der Waals surface area contributed by atoms with E-state index in [4.69, 9.17) is 10.8 Å². The predicted octanol–water partition coefficient (Wildman–Crippen LogP) is 0.998. The van der Waals surface area contributed by atoms with Crippen molar-refractivity contribution in [3.05, 3.63) is 35.7 Å². The Kier molecular flexibility index (Phi) is 3.15. The summed E-state index contributed by atoms with van der Waals surface area (Å²) in [4.78, 5) is 11.7. The van der Waals surface area contributed by atoms with Crippen LogP contribution in [0.25, 0.3) is 0 Å². The van der Waals surface area contributed by atoms with Gasteiger partial charge in [-0.2, -0.15) is 15.0 Å². The summed E-state index contributed by atoms with van der Waals surface area (Å²) in [6.45, 7) is 1.74. The lowest BCUT2D eigenvalue weighted by molar-refractivity contribution is 0.271. The van der Waals surface area contributed by atoms with Gasteiger partial charge in [-0.3, -0.25) is 0 Å². The second-order valence-corrected chi connectivity index (χ2v) is 3.58. The Morgan fingerprint density at radius 3 is 2.53 bits per heavy atom. The summed E-state index contributed by atoms with van der Waals surface area (Å²) in [5.74, 6) is 0.649. The zero-order valence-electron chi connectivity index (χ0n) is 9.38. The Morgan fingerprint density at radius 2 is 1.88 bits per heavy atom. The van der Waals surface area contributed by atoms with Gasteiger partial charge < -0.3 is 16.2 Å². The summed E-state index contributed by atoms with van der Waals surface area (Å²) < 4.78 is 0. The van der Waals surface area contributed by atoms with Crippen molar-refractivity contribution in [3.8, 4) is 0 Å². The summed E-state index contributed by atoms with van der Waals surface area (Å²) in [5, 5.41) is 11.9. The molecule has 4 N–H and O–H groups in total. The molecule has 88 valence electrons. The Morgan fingerprint density at radius 1 is 1.18 bits per heavy atom. The SMILES string of the molecule is Cc1ccc(Nc2nc(N)nc(CO)n2)cc1. The molecule has 1 heterocycles. The molecule has 0 spiro atoms. The fourth-order valence-electron chi connectivity index (χ4n) is 1.33. The van der Waals surface area contributed by atoms with Crippen molar-refractivity contribution in [2.24, 2.45) is 0 Å². The van der Waals surface area contributed by atoms with Crippen molar-refractivity contribution in [2.75, 3.05) is 11.1 Å². The van der Waals surface area contributed by atoms with Crippen LogP contribution in [0.4, 0.5) is 17.6 Å². The van der Waals surface area contributed by atoms with Crippen molar-refractivity contribution in [1.82, 2.24) is 15.0 Å². The highest BCUT2D eigenvalue weighted by Gasteiger charge is 2.03. The summed E-state index contributed by atoms with van der Waals surface area (Å²) >= 11 is 0. The highest BCUT2D eigenvalue weighted by Crippen LogP contribution is 2.14. The van der Waals surface area contributed by atoms with Gasteiger partial charge in [-0.1, -0.05) is 17.7 Å². The Balaban J connectivity index is 2.23. The highest BCUT2D eigenvalue weighted by atomic mass is 16.3. The molecular weight excluding hydrogens is 218 g/mol. The summed E-state index contributed by atoms with van der Waals surface area (Å²) in [7, 11) is 0. The lowest BCUT2D eigenvalue weighted by atomic mass is 10.2. The van der Waals surface area contributed by atoms with Crippen LogP contribution in [0.15, 0.2) is 24.3 Å². The first kappa shape index (κ1) is 11.3. The Hall–Kier alpha value is -2.21. The first-order valence-electron chi connectivity index (χ1n) is 5.12. The van der Waals surface area contributed by atoms with E-state index in [1.54, 1.807) is 0 Å². The molecule has 0 saturated carbocycles. The molecule has 2 aromatic rings. The quantitative estimate of drug-likeness (QED) is 0.729. The lowest BCUT2D eigenvalue weighted by Gasteiger charge is -2.06. The molecule has 0 aliphatic rings. The van der Waals surface area contributed by atoms with Crippen LogP contribution < -0.4 is 11.1 Å². The smallest absolute Gasteiger partial charge is 0.232 e. The van der Waals surface area contributed by atoms with Gasteiger partial charge in [-0.05, 0) is 19.1 Å². The molecule has 1 aromatic heterocycles. The maximum atomic E-state index is 8.95. The van der Waals surface area contributed by atoms with Gasteiger partial charge in [-0.25, -0.2) is 0 Å². The maximum Gasteiger partial charge on any atom is 0.232 e. The Labute approximate surface area is 98.6 Å². The summed E-state index contributed by atoms with van der Waals surface area (Å²) in [6.07, 6.45) is 0. The van der Waals surface area contributed by atoms with Gasteiger partial charge in [0.15, 0.2) is 5.82 Å². The predicted molar refractivity (Wildman–Crippen MR) is 64.6 cm³/mol. The first-order valence-corrected chi connectivity index (χ1v) is 5.12. The molecule has 1 aromatic carbocycles. The van der Waals surface area contributed by atoms with Crippen molar-refractivity contribution in [1.29, 1.82) is 0 Å². The Bertz CT molecular complexity index is 512. The molecule has 0 atom stereocenters. The van der Waals surface area contributed by atoms with Crippen LogP contribution >= 0.6 is 0 Å². The van der Waals surface area contributed by atoms with E-state index in [-0.39, 0.29) is 18.4 Å². The maximum absolute atomic E-state index is 8.95. The minimum Gasteiger partial charge on any atom is -0.388 e. The number of hydrogen-bond acceptors (Lipinski definition) is 6. The number of nitrogens with one attached hydrogen (secondary N) is 1. The topological polar surface area (TPSA) is 97.0 Å². The molecular formula is C11H13N5O. The summed E-state index contributed by atoms with van der Waals surface area (Å²) in [5.41, 5.74) is 7.52. The number of aliphatic hydroxyl groups excluding tert-OH is 1. The van der Waals surface area contributed by atoms with Crippen LogP contribution in [0.2, 0.25) is 0 Å². The molecule has 2 rings (SSSR count). The summed E-state index contributed by atoms with van der Waals surface area (Å²) in [6, 6.07) is 7.77. The minimum atomic E-state index is -0.269. The van der Waals surface area contributed by atoms with E-state index in [2.05, 4.69) is 20.3 Å². The molecule has 17 heavy (non-hydrogen) atoms. The van der Waals surface area contributed by atoms with E-state index in [9.17, 15) is 0 Å². The number of aryl methyl sites for hydroxylation is 1. The molecule has 0 fully saturated rings.